The summed E-state index contributed by atoms with van der Waals surface area (Å²) in [4.78, 5) is 4.32. The zero-order valence-electron chi connectivity index (χ0n) is 9.64. The molecule has 0 aliphatic heterocycles. The molecule has 6 nitrogen and oxygen atoms in total. The maximum absolute atomic E-state index is 6.25. The molecule has 1 aliphatic rings. The van der Waals surface area contributed by atoms with E-state index in [1.54, 1.807) is 6.07 Å². The van der Waals surface area contributed by atoms with Crippen LogP contribution in [0.1, 0.15) is 37.3 Å². The third-order valence-corrected chi connectivity index (χ3v) is 3.21. The standard InChI is InChI=1S/C11H14N4O2/c1-7-6-8(14-16-7)9-13-10(15-17-9)11(12)4-2-3-5-11/h6H,2-5,12H2,1H3. The van der Waals surface area contributed by atoms with Crippen LogP contribution in [0.15, 0.2) is 15.1 Å². The van der Waals surface area contributed by atoms with Gasteiger partial charge in [0, 0.05) is 6.07 Å². The second-order valence-corrected chi connectivity index (χ2v) is 4.61. The smallest absolute Gasteiger partial charge is 0.280 e. The molecule has 1 fully saturated rings. The Morgan fingerprint density at radius 2 is 2.00 bits per heavy atom. The van der Waals surface area contributed by atoms with E-state index >= 15 is 0 Å². The van der Waals surface area contributed by atoms with Crippen molar-refractivity contribution in [2.24, 2.45) is 5.73 Å². The zero-order chi connectivity index (χ0) is 11.9. The first-order valence-electron chi connectivity index (χ1n) is 5.74. The number of hydrogen-bond acceptors (Lipinski definition) is 6. The van der Waals surface area contributed by atoms with Crippen molar-refractivity contribution >= 4 is 0 Å². The summed E-state index contributed by atoms with van der Waals surface area (Å²) < 4.78 is 10.1. The molecule has 0 spiro atoms. The molecule has 2 N–H and O–H groups in total. The number of nitrogens with two attached hydrogens (primary N) is 1. The van der Waals surface area contributed by atoms with Crippen molar-refractivity contribution in [3.63, 3.8) is 0 Å². The Hall–Kier alpha value is -1.69. The van der Waals surface area contributed by atoms with Crippen LogP contribution in [0.25, 0.3) is 11.6 Å². The van der Waals surface area contributed by atoms with Gasteiger partial charge in [-0.25, -0.2) is 0 Å². The van der Waals surface area contributed by atoms with Crippen molar-refractivity contribution in [2.45, 2.75) is 38.1 Å². The van der Waals surface area contributed by atoms with E-state index in [0.717, 1.165) is 25.7 Å². The van der Waals surface area contributed by atoms with Gasteiger partial charge in [-0.05, 0) is 19.8 Å². The van der Waals surface area contributed by atoms with E-state index in [1.165, 1.54) is 0 Å². The van der Waals surface area contributed by atoms with Crippen LogP contribution in [-0.4, -0.2) is 15.3 Å². The van der Waals surface area contributed by atoms with Gasteiger partial charge in [0.25, 0.3) is 5.89 Å². The summed E-state index contributed by atoms with van der Waals surface area (Å²) in [6, 6.07) is 1.76. The minimum absolute atomic E-state index is 0.369. The summed E-state index contributed by atoms with van der Waals surface area (Å²) in [5.41, 5.74) is 6.38. The summed E-state index contributed by atoms with van der Waals surface area (Å²) in [5, 5.41) is 7.80. The average molecular weight is 234 g/mol. The molecule has 1 saturated carbocycles. The quantitative estimate of drug-likeness (QED) is 0.851. The Balaban J connectivity index is 1.92. The van der Waals surface area contributed by atoms with Gasteiger partial charge in [-0.1, -0.05) is 23.2 Å². The highest BCUT2D eigenvalue weighted by molar-refractivity contribution is 5.45. The molecule has 0 radical (unpaired) electrons. The molecule has 90 valence electrons. The van der Waals surface area contributed by atoms with E-state index < -0.39 is 5.54 Å². The third-order valence-electron chi connectivity index (χ3n) is 3.21. The SMILES string of the molecule is Cc1cc(-c2nc(C3(N)CCCC3)no2)no1. The molecular weight excluding hydrogens is 220 g/mol. The molecule has 0 atom stereocenters. The van der Waals surface area contributed by atoms with Gasteiger partial charge in [0.2, 0.25) is 0 Å². The Labute approximate surface area is 98.2 Å². The van der Waals surface area contributed by atoms with Crippen LogP contribution in [0.5, 0.6) is 0 Å². The number of aromatic nitrogens is 3. The van der Waals surface area contributed by atoms with E-state index in [1.807, 2.05) is 6.92 Å². The molecule has 2 aromatic heterocycles. The predicted molar refractivity (Wildman–Crippen MR) is 58.9 cm³/mol. The van der Waals surface area contributed by atoms with Gasteiger partial charge in [0.05, 0.1) is 5.54 Å². The van der Waals surface area contributed by atoms with E-state index in [4.69, 9.17) is 14.8 Å². The number of hydrogen-bond donors (Lipinski definition) is 1. The lowest BCUT2D eigenvalue weighted by Gasteiger charge is -2.17. The molecule has 0 bridgehead atoms. The highest BCUT2D eigenvalue weighted by atomic mass is 16.5. The lowest BCUT2D eigenvalue weighted by molar-refractivity contribution is 0.368. The van der Waals surface area contributed by atoms with Gasteiger partial charge in [0.15, 0.2) is 11.5 Å². The minimum Gasteiger partial charge on any atom is -0.361 e. The largest absolute Gasteiger partial charge is 0.361 e. The molecule has 0 unspecified atom stereocenters. The van der Waals surface area contributed by atoms with Gasteiger partial charge in [0.1, 0.15) is 5.76 Å². The van der Waals surface area contributed by atoms with E-state index in [9.17, 15) is 0 Å². The van der Waals surface area contributed by atoms with Crippen molar-refractivity contribution in [1.82, 2.24) is 15.3 Å². The first-order valence-corrected chi connectivity index (χ1v) is 5.74. The number of nitrogens with zero attached hydrogens (tertiary/aromatic N) is 3. The summed E-state index contributed by atoms with van der Waals surface area (Å²) in [6.07, 6.45) is 4.04. The second-order valence-electron chi connectivity index (χ2n) is 4.61. The second kappa shape index (κ2) is 3.66. The average Bonchev–Trinajstić information content (AvgIpc) is 2.96. The van der Waals surface area contributed by atoms with Crippen LogP contribution < -0.4 is 5.73 Å². The van der Waals surface area contributed by atoms with E-state index in [-0.39, 0.29) is 0 Å². The topological polar surface area (TPSA) is 91.0 Å². The number of rotatable bonds is 2. The van der Waals surface area contributed by atoms with Crippen LogP contribution >= 0.6 is 0 Å². The maximum atomic E-state index is 6.25. The first kappa shape index (κ1) is 10.5. The van der Waals surface area contributed by atoms with Gasteiger partial charge in [-0.15, -0.1) is 0 Å². The summed E-state index contributed by atoms with van der Waals surface area (Å²) >= 11 is 0. The van der Waals surface area contributed by atoms with E-state index in [0.29, 0.717) is 23.2 Å². The van der Waals surface area contributed by atoms with Gasteiger partial charge < -0.3 is 14.8 Å². The van der Waals surface area contributed by atoms with Gasteiger partial charge in [-0.2, -0.15) is 4.98 Å². The third kappa shape index (κ3) is 1.74. The first-order chi connectivity index (χ1) is 8.17. The highest BCUT2D eigenvalue weighted by Crippen LogP contribution is 2.35. The lowest BCUT2D eigenvalue weighted by atomic mass is 9.99. The molecule has 0 saturated heterocycles. The fraction of sp³-hybridized carbons (Fsp3) is 0.545. The van der Waals surface area contributed by atoms with Crippen LogP contribution in [0.3, 0.4) is 0 Å². The Bertz CT molecular complexity index is 525. The zero-order valence-corrected chi connectivity index (χ0v) is 9.64. The van der Waals surface area contributed by atoms with Crippen LogP contribution in [0.4, 0.5) is 0 Å². The molecule has 0 aromatic carbocycles. The van der Waals surface area contributed by atoms with Crippen molar-refractivity contribution in [2.75, 3.05) is 0 Å². The normalized spacial score (nSPS) is 18.7. The summed E-state index contributed by atoms with van der Waals surface area (Å²) in [7, 11) is 0. The lowest BCUT2D eigenvalue weighted by Crippen LogP contribution is -2.34. The molecule has 3 rings (SSSR count). The molecule has 17 heavy (non-hydrogen) atoms. The van der Waals surface area contributed by atoms with Crippen molar-refractivity contribution in [1.29, 1.82) is 0 Å². The van der Waals surface area contributed by atoms with Crippen LogP contribution in [-0.2, 0) is 5.54 Å². The molecule has 2 heterocycles. The number of aryl methyl sites for hydroxylation is 1. The van der Waals surface area contributed by atoms with Crippen molar-refractivity contribution < 1.29 is 9.05 Å². The fourth-order valence-corrected chi connectivity index (χ4v) is 2.23. The maximum Gasteiger partial charge on any atom is 0.280 e. The Morgan fingerprint density at radius 1 is 1.24 bits per heavy atom. The minimum atomic E-state index is -0.430. The Morgan fingerprint density at radius 3 is 2.65 bits per heavy atom. The van der Waals surface area contributed by atoms with Crippen LogP contribution in [0, 0.1) is 6.92 Å². The van der Waals surface area contributed by atoms with Gasteiger partial charge in [-0.3, -0.25) is 0 Å². The molecule has 0 amide bonds. The summed E-state index contributed by atoms with van der Waals surface area (Å²) in [5.74, 6) is 1.65. The Kier molecular flexibility index (Phi) is 2.25. The van der Waals surface area contributed by atoms with E-state index in [2.05, 4.69) is 15.3 Å². The summed E-state index contributed by atoms with van der Waals surface area (Å²) in [6.45, 7) is 1.81. The predicted octanol–water partition coefficient (Wildman–Crippen LogP) is 1.76. The molecule has 6 heteroatoms. The highest BCUT2D eigenvalue weighted by Gasteiger charge is 2.36. The van der Waals surface area contributed by atoms with Crippen molar-refractivity contribution in [3.05, 3.63) is 17.7 Å². The monoisotopic (exact) mass is 234 g/mol. The molecule has 1 aliphatic carbocycles. The molecule has 2 aromatic rings. The molecular formula is C11H14N4O2. The van der Waals surface area contributed by atoms with Crippen LogP contribution in [0.2, 0.25) is 0 Å². The fourth-order valence-electron chi connectivity index (χ4n) is 2.23. The van der Waals surface area contributed by atoms with Crippen molar-refractivity contribution in [3.8, 4) is 11.6 Å². The van der Waals surface area contributed by atoms with Gasteiger partial charge >= 0.3 is 0 Å².